The van der Waals surface area contributed by atoms with Gasteiger partial charge in [0.05, 0.1) is 11.7 Å². The van der Waals surface area contributed by atoms with E-state index in [2.05, 4.69) is 25.2 Å². The van der Waals surface area contributed by atoms with Crippen LogP contribution in [0, 0.1) is 16.7 Å². The molecule has 1 saturated carbocycles. The van der Waals surface area contributed by atoms with Gasteiger partial charge in [0.25, 0.3) is 0 Å². The first-order valence-corrected chi connectivity index (χ1v) is 5.16. The number of nitrogens with one attached hydrogen (secondary N) is 1. The van der Waals surface area contributed by atoms with Crippen molar-refractivity contribution in [3.8, 4) is 6.07 Å². The van der Waals surface area contributed by atoms with Crippen LogP contribution in [0.15, 0.2) is 0 Å². The Morgan fingerprint density at radius 1 is 1.50 bits per heavy atom. The van der Waals surface area contributed by atoms with Gasteiger partial charge in [-0.1, -0.05) is 0 Å². The molecule has 1 N–H and O–H groups in total. The second kappa shape index (κ2) is 4.29. The fourth-order valence-electron chi connectivity index (χ4n) is 1.46. The summed E-state index contributed by atoms with van der Waals surface area (Å²) in [7, 11) is 1.73. The van der Waals surface area contributed by atoms with Gasteiger partial charge < -0.3 is 10.1 Å². The molecule has 0 saturated heterocycles. The maximum atomic E-state index is 8.64. The highest BCUT2D eigenvalue weighted by Crippen LogP contribution is 2.47. The van der Waals surface area contributed by atoms with Gasteiger partial charge in [0, 0.05) is 26.6 Å². The minimum absolute atomic E-state index is 0.108. The van der Waals surface area contributed by atoms with Gasteiger partial charge in [-0.25, -0.2) is 0 Å². The Balaban J connectivity index is 2.19. The molecule has 3 nitrogen and oxygen atoms in total. The van der Waals surface area contributed by atoms with Crippen molar-refractivity contribution in [3.05, 3.63) is 0 Å². The fourth-order valence-corrected chi connectivity index (χ4v) is 1.46. The largest absolute Gasteiger partial charge is 0.377 e. The predicted octanol–water partition coefficient (Wildman–Crippen LogP) is 1.69. The summed E-state index contributed by atoms with van der Waals surface area (Å²) in [4.78, 5) is 0. The summed E-state index contributed by atoms with van der Waals surface area (Å²) in [6, 6.07) is 2.26. The SMILES string of the molecule is COC(C)(C)CNCC1(CC#N)CC1. The van der Waals surface area contributed by atoms with Crippen LogP contribution < -0.4 is 5.32 Å². The zero-order valence-corrected chi connectivity index (χ0v) is 9.39. The summed E-state index contributed by atoms with van der Waals surface area (Å²) < 4.78 is 5.31. The molecule has 0 aliphatic heterocycles. The van der Waals surface area contributed by atoms with Crippen LogP contribution in [-0.4, -0.2) is 25.8 Å². The van der Waals surface area contributed by atoms with Crippen molar-refractivity contribution in [2.75, 3.05) is 20.2 Å². The third-order valence-electron chi connectivity index (χ3n) is 3.01. The summed E-state index contributed by atoms with van der Waals surface area (Å²) in [5.74, 6) is 0. The lowest BCUT2D eigenvalue weighted by atomic mass is 10.0. The third kappa shape index (κ3) is 3.28. The minimum atomic E-state index is -0.108. The van der Waals surface area contributed by atoms with Crippen molar-refractivity contribution in [1.82, 2.24) is 5.32 Å². The molecule has 1 fully saturated rings. The molecule has 80 valence electrons. The van der Waals surface area contributed by atoms with E-state index in [4.69, 9.17) is 10.00 Å². The highest BCUT2D eigenvalue weighted by molar-refractivity contribution is 5.00. The van der Waals surface area contributed by atoms with Gasteiger partial charge in [0.1, 0.15) is 0 Å². The van der Waals surface area contributed by atoms with Gasteiger partial charge in [0.2, 0.25) is 0 Å². The molecule has 3 heteroatoms. The average Bonchev–Trinajstić information content (AvgIpc) is 2.86. The summed E-state index contributed by atoms with van der Waals surface area (Å²) >= 11 is 0. The van der Waals surface area contributed by atoms with E-state index in [-0.39, 0.29) is 5.60 Å². The van der Waals surface area contributed by atoms with E-state index in [9.17, 15) is 0 Å². The van der Waals surface area contributed by atoms with Gasteiger partial charge >= 0.3 is 0 Å². The molecule has 0 amide bonds. The number of hydrogen-bond donors (Lipinski definition) is 1. The lowest BCUT2D eigenvalue weighted by molar-refractivity contribution is 0.0225. The molecule has 0 radical (unpaired) electrons. The molecule has 0 heterocycles. The van der Waals surface area contributed by atoms with E-state index in [1.54, 1.807) is 7.11 Å². The van der Waals surface area contributed by atoms with Gasteiger partial charge in [-0.2, -0.15) is 5.26 Å². The molecule has 0 aromatic carbocycles. The Morgan fingerprint density at radius 3 is 2.57 bits per heavy atom. The van der Waals surface area contributed by atoms with E-state index in [0.29, 0.717) is 11.8 Å². The summed E-state index contributed by atoms with van der Waals surface area (Å²) in [5, 5.41) is 12.0. The van der Waals surface area contributed by atoms with Crippen molar-refractivity contribution >= 4 is 0 Å². The minimum Gasteiger partial charge on any atom is -0.377 e. The second-order valence-corrected chi connectivity index (χ2v) is 4.90. The maximum absolute atomic E-state index is 8.64. The number of hydrogen-bond acceptors (Lipinski definition) is 3. The first-order valence-electron chi connectivity index (χ1n) is 5.16. The highest BCUT2D eigenvalue weighted by Gasteiger charge is 2.42. The Morgan fingerprint density at radius 2 is 2.14 bits per heavy atom. The molecule has 1 aliphatic rings. The van der Waals surface area contributed by atoms with Crippen molar-refractivity contribution < 1.29 is 4.74 Å². The molecule has 0 atom stereocenters. The molecular weight excluding hydrogens is 176 g/mol. The average molecular weight is 196 g/mol. The smallest absolute Gasteiger partial charge is 0.0746 e. The topological polar surface area (TPSA) is 45.0 Å². The third-order valence-corrected chi connectivity index (χ3v) is 3.01. The molecule has 1 rings (SSSR count). The number of methoxy groups -OCH3 is 1. The Bertz CT molecular complexity index is 226. The quantitative estimate of drug-likeness (QED) is 0.703. The monoisotopic (exact) mass is 196 g/mol. The van der Waals surface area contributed by atoms with Crippen molar-refractivity contribution in [2.24, 2.45) is 5.41 Å². The summed E-state index contributed by atoms with van der Waals surface area (Å²) in [6.45, 7) is 5.91. The van der Waals surface area contributed by atoms with E-state index in [1.807, 2.05) is 0 Å². The van der Waals surface area contributed by atoms with Crippen LogP contribution in [0.3, 0.4) is 0 Å². The second-order valence-electron chi connectivity index (χ2n) is 4.90. The molecular formula is C11H20N2O. The fraction of sp³-hybridized carbons (Fsp3) is 0.909. The summed E-state index contributed by atoms with van der Waals surface area (Å²) in [5.41, 5.74) is 0.182. The van der Waals surface area contributed by atoms with Crippen LogP contribution in [0.4, 0.5) is 0 Å². The molecule has 0 spiro atoms. The van der Waals surface area contributed by atoms with E-state index in [1.165, 1.54) is 12.8 Å². The molecule has 0 aromatic rings. The number of rotatable bonds is 6. The zero-order valence-electron chi connectivity index (χ0n) is 9.39. The highest BCUT2D eigenvalue weighted by atomic mass is 16.5. The zero-order chi connectivity index (χ0) is 10.7. The van der Waals surface area contributed by atoms with Crippen LogP contribution >= 0.6 is 0 Å². The molecule has 1 aliphatic carbocycles. The van der Waals surface area contributed by atoms with E-state index in [0.717, 1.165) is 13.1 Å². The Kier molecular flexibility index (Phi) is 3.52. The van der Waals surface area contributed by atoms with Gasteiger partial charge in [0.15, 0.2) is 0 Å². The van der Waals surface area contributed by atoms with Gasteiger partial charge in [-0.15, -0.1) is 0 Å². The number of nitrogens with zero attached hydrogens (tertiary/aromatic N) is 1. The molecule has 14 heavy (non-hydrogen) atoms. The number of nitriles is 1. The van der Waals surface area contributed by atoms with Crippen LogP contribution in [-0.2, 0) is 4.74 Å². The van der Waals surface area contributed by atoms with E-state index < -0.39 is 0 Å². The normalized spacial score (nSPS) is 19.0. The standard InChI is InChI=1S/C11H20N2O/c1-10(2,14-3)8-13-9-11(4-5-11)6-7-12/h13H,4-6,8-9H2,1-3H3. The van der Waals surface area contributed by atoms with Crippen LogP contribution in [0.1, 0.15) is 33.1 Å². The number of ether oxygens (including phenoxy) is 1. The first kappa shape index (κ1) is 11.5. The molecule has 0 unspecified atom stereocenters. The van der Waals surface area contributed by atoms with E-state index >= 15 is 0 Å². The maximum Gasteiger partial charge on any atom is 0.0746 e. The Hall–Kier alpha value is -0.590. The molecule has 0 aromatic heterocycles. The van der Waals surface area contributed by atoms with Crippen LogP contribution in [0.25, 0.3) is 0 Å². The predicted molar refractivity (Wildman–Crippen MR) is 55.9 cm³/mol. The lowest BCUT2D eigenvalue weighted by Gasteiger charge is -2.24. The van der Waals surface area contributed by atoms with Crippen LogP contribution in [0.2, 0.25) is 0 Å². The molecule has 0 bridgehead atoms. The van der Waals surface area contributed by atoms with Crippen molar-refractivity contribution in [3.63, 3.8) is 0 Å². The van der Waals surface area contributed by atoms with Crippen LogP contribution in [0.5, 0.6) is 0 Å². The van der Waals surface area contributed by atoms with Gasteiger partial charge in [-0.3, -0.25) is 0 Å². The van der Waals surface area contributed by atoms with Crippen molar-refractivity contribution in [2.45, 2.75) is 38.7 Å². The lowest BCUT2D eigenvalue weighted by Crippen LogP contribution is -2.39. The van der Waals surface area contributed by atoms with Crippen molar-refractivity contribution in [1.29, 1.82) is 5.26 Å². The summed E-state index contributed by atoms with van der Waals surface area (Å²) in [6.07, 6.45) is 3.08. The Labute approximate surface area is 86.4 Å². The van der Waals surface area contributed by atoms with Gasteiger partial charge in [-0.05, 0) is 32.1 Å². The first-order chi connectivity index (χ1) is 6.54.